The van der Waals surface area contributed by atoms with Gasteiger partial charge in [0.2, 0.25) is 15.9 Å². The van der Waals surface area contributed by atoms with E-state index < -0.39 is 10.0 Å². The minimum atomic E-state index is -3.08. The lowest BCUT2D eigenvalue weighted by atomic mass is 10.0. The summed E-state index contributed by atoms with van der Waals surface area (Å²) in [5, 5.41) is 6.36. The third-order valence-electron chi connectivity index (χ3n) is 4.52. The minimum absolute atomic E-state index is 0.110. The third-order valence-corrected chi connectivity index (χ3v) is 6.40. The maximum absolute atomic E-state index is 11.9. The Kier molecular flexibility index (Phi) is 6.01. The second kappa shape index (κ2) is 7.56. The molecule has 0 bridgehead atoms. The molecule has 0 spiro atoms. The van der Waals surface area contributed by atoms with Gasteiger partial charge >= 0.3 is 0 Å². The quantitative estimate of drug-likeness (QED) is 0.739. The normalized spacial score (nSPS) is 25.1. The minimum Gasteiger partial charge on any atom is -0.353 e. The summed E-state index contributed by atoms with van der Waals surface area (Å²) in [5.41, 5.74) is 0. The lowest BCUT2D eigenvalue weighted by Crippen LogP contribution is -2.46. The molecule has 0 aromatic heterocycles. The average molecular weight is 317 g/mol. The van der Waals surface area contributed by atoms with Crippen LogP contribution in [-0.2, 0) is 14.8 Å². The molecule has 2 N–H and O–H groups in total. The summed E-state index contributed by atoms with van der Waals surface area (Å²) in [7, 11) is -3.08. The Morgan fingerprint density at radius 3 is 2.57 bits per heavy atom. The molecule has 2 saturated heterocycles. The highest BCUT2D eigenvalue weighted by Crippen LogP contribution is 2.16. The van der Waals surface area contributed by atoms with Crippen molar-refractivity contribution in [1.29, 1.82) is 0 Å². The standard InChI is InChI=1S/C14H27N3O3S/c1-2-21(19,20)17-9-6-13(7-10-17)16-14(18)4-3-12-5-8-15-11-12/h12-13,15H,2-11H2,1H3,(H,16,18). The zero-order valence-electron chi connectivity index (χ0n) is 12.8. The second-order valence-electron chi connectivity index (χ2n) is 6.04. The van der Waals surface area contributed by atoms with Crippen LogP contribution in [0.5, 0.6) is 0 Å². The fraction of sp³-hybridized carbons (Fsp3) is 0.929. The Hall–Kier alpha value is -0.660. The molecule has 122 valence electrons. The van der Waals surface area contributed by atoms with Gasteiger partial charge < -0.3 is 10.6 Å². The number of carbonyl (C=O) groups is 1. The van der Waals surface area contributed by atoms with Crippen molar-refractivity contribution in [3.05, 3.63) is 0 Å². The van der Waals surface area contributed by atoms with Crippen LogP contribution >= 0.6 is 0 Å². The number of sulfonamides is 1. The second-order valence-corrected chi connectivity index (χ2v) is 8.30. The molecule has 0 aromatic carbocycles. The van der Waals surface area contributed by atoms with Gasteiger partial charge in [0.25, 0.3) is 0 Å². The molecule has 21 heavy (non-hydrogen) atoms. The molecule has 2 fully saturated rings. The van der Waals surface area contributed by atoms with E-state index in [4.69, 9.17) is 0 Å². The summed E-state index contributed by atoms with van der Waals surface area (Å²) in [6, 6.07) is 0.127. The van der Waals surface area contributed by atoms with Crippen LogP contribution in [0.3, 0.4) is 0 Å². The Labute approximate surface area is 127 Å². The summed E-state index contributed by atoms with van der Waals surface area (Å²) < 4.78 is 25.1. The first-order valence-electron chi connectivity index (χ1n) is 7.99. The van der Waals surface area contributed by atoms with Gasteiger partial charge in [-0.15, -0.1) is 0 Å². The molecule has 7 heteroatoms. The highest BCUT2D eigenvalue weighted by Gasteiger charge is 2.27. The predicted molar refractivity (Wildman–Crippen MR) is 82.4 cm³/mol. The first-order chi connectivity index (χ1) is 10.0. The topological polar surface area (TPSA) is 78.5 Å². The van der Waals surface area contributed by atoms with Gasteiger partial charge in [0.05, 0.1) is 5.75 Å². The number of carbonyl (C=O) groups excluding carboxylic acids is 1. The summed E-state index contributed by atoms with van der Waals surface area (Å²) in [5.74, 6) is 0.894. The van der Waals surface area contributed by atoms with Crippen molar-refractivity contribution in [3.8, 4) is 0 Å². The maximum atomic E-state index is 11.9. The summed E-state index contributed by atoms with van der Waals surface area (Å²) in [6.07, 6.45) is 4.13. The number of rotatable bonds is 6. The number of nitrogens with zero attached hydrogens (tertiary/aromatic N) is 1. The van der Waals surface area contributed by atoms with Crippen molar-refractivity contribution in [2.75, 3.05) is 31.9 Å². The van der Waals surface area contributed by atoms with Crippen LogP contribution in [0.1, 0.15) is 39.0 Å². The fourth-order valence-corrected chi connectivity index (χ4v) is 4.19. The van der Waals surface area contributed by atoms with E-state index in [1.165, 1.54) is 6.42 Å². The molecule has 6 nitrogen and oxygen atoms in total. The highest BCUT2D eigenvalue weighted by molar-refractivity contribution is 7.89. The number of piperidine rings is 1. The van der Waals surface area contributed by atoms with Crippen molar-refractivity contribution in [2.45, 2.75) is 45.1 Å². The van der Waals surface area contributed by atoms with Gasteiger partial charge in [-0.3, -0.25) is 4.79 Å². The Morgan fingerprint density at radius 1 is 1.29 bits per heavy atom. The van der Waals surface area contributed by atoms with Gasteiger partial charge in [-0.1, -0.05) is 0 Å². The van der Waals surface area contributed by atoms with Crippen LogP contribution in [0.4, 0.5) is 0 Å². The van der Waals surface area contributed by atoms with E-state index in [9.17, 15) is 13.2 Å². The van der Waals surface area contributed by atoms with Crippen LogP contribution in [-0.4, -0.2) is 56.6 Å². The van der Waals surface area contributed by atoms with Gasteiger partial charge in [-0.25, -0.2) is 12.7 Å². The summed E-state index contributed by atoms with van der Waals surface area (Å²) >= 11 is 0. The van der Waals surface area contributed by atoms with Crippen molar-refractivity contribution in [3.63, 3.8) is 0 Å². The zero-order valence-corrected chi connectivity index (χ0v) is 13.6. The number of nitrogens with one attached hydrogen (secondary N) is 2. The molecule has 1 atom stereocenters. The Bertz CT molecular complexity index is 438. The van der Waals surface area contributed by atoms with Crippen LogP contribution in [0, 0.1) is 5.92 Å². The van der Waals surface area contributed by atoms with Crippen LogP contribution < -0.4 is 10.6 Å². The molecule has 2 heterocycles. The molecular formula is C14H27N3O3S. The molecule has 2 aliphatic rings. The van der Waals surface area contributed by atoms with Crippen molar-refractivity contribution in [2.24, 2.45) is 5.92 Å². The highest BCUT2D eigenvalue weighted by atomic mass is 32.2. The largest absolute Gasteiger partial charge is 0.353 e. The summed E-state index contributed by atoms with van der Waals surface area (Å²) in [4.78, 5) is 11.9. The number of hydrogen-bond donors (Lipinski definition) is 2. The summed E-state index contributed by atoms with van der Waals surface area (Å²) in [6.45, 7) is 4.81. The van der Waals surface area contributed by atoms with Crippen LogP contribution in [0.15, 0.2) is 0 Å². The first-order valence-corrected chi connectivity index (χ1v) is 9.60. The van der Waals surface area contributed by atoms with Gasteiger partial charge in [0.15, 0.2) is 0 Å². The third kappa shape index (κ3) is 4.93. The van der Waals surface area contributed by atoms with Crippen LogP contribution in [0.25, 0.3) is 0 Å². The molecule has 1 unspecified atom stereocenters. The van der Waals surface area contributed by atoms with Gasteiger partial charge in [-0.2, -0.15) is 0 Å². The lowest BCUT2D eigenvalue weighted by molar-refractivity contribution is -0.122. The maximum Gasteiger partial charge on any atom is 0.220 e. The number of hydrogen-bond acceptors (Lipinski definition) is 4. The predicted octanol–water partition coefficient (Wildman–Crippen LogP) is 0.306. The SMILES string of the molecule is CCS(=O)(=O)N1CCC(NC(=O)CCC2CCNC2)CC1. The molecule has 0 radical (unpaired) electrons. The van der Waals surface area contributed by atoms with Gasteiger partial charge in [-0.05, 0) is 51.6 Å². The Morgan fingerprint density at radius 2 is 2.00 bits per heavy atom. The molecular weight excluding hydrogens is 290 g/mol. The van der Waals surface area contributed by atoms with E-state index in [-0.39, 0.29) is 17.7 Å². The van der Waals surface area contributed by atoms with E-state index in [1.54, 1.807) is 11.2 Å². The van der Waals surface area contributed by atoms with Crippen molar-refractivity contribution in [1.82, 2.24) is 14.9 Å². The molecule has 1 amide bonds. The zero-order chi connectivity index (χ0) is 15.3. The van der Waals surface area contributed by atoms with E-state index >= 15 is 0 Å². The van der Waals surface area contributed by atoms with Gasteiger partial charge in [0, 0.05) is 25.6 Å². The van der Waals surface area contributed by atoms with E-state index in [0.717, 1.165) is 32.4 Å². The first kappa shape index (κ1) is 16.7. The van der Waals surface area contributed by atoms with Gasteiger partial charge in [0.1, 0.15) is 0 Å². The average Bonchev–Trinajstić information content (AvgIpc) is 2.99. The monoisotopic (exact) mass is 317 g/mol. The van der Waals surface area contributed by atoms with E-state index in [2.05, 4.69) is 10.6 Å². The van der Waals surface area contributed by atoms with Crippen LogP contribution in [0.2, 0.25) is 0 Å². The van der Waals surface area contributed by atoms with E-state index in [0.29, 0.717) is 25.4 Å². The molecule has 2 aliphatic heterocycles. The lowest BCUT2D eigenvalue weighted by Gasteiger charge is -2.31. The van der Waals surface area contributed by atoms with E-state index in [1.807, 2.05) is 0 Å². The van der Waals surface area contributed by atoms with Crippen molar-refractivity contribution >= 4 is 15.9 Å². The molecule has 2 rings (SSSR count). The smallest absolute Gasteiger partial charge is 0.220 e. The molecule has 0 aromatic rings. The Balaban J connectivity index is 1.67. The number of amides is 1. The van der Waals surface area contributed by atoms with Crippen molar-refractivity contribution < 1.29 is 13.2 Å². The fourth-order valence-electron chi connectivity index (χ4n) is 3.06. The molecule has 0 saturated carbocycles. The molecule has 0 aliphatic carbocycles.